The van der Waals surface area contributed by atoms with Crippen LogP contribution in [0.4, 0.5) is 0 Å². The number of amides is 1. The van der Waals surface area contributed by atoms with Crippen molar-refractivity contribution in [3.63, 3.8) is 0 Å². The lowest BCUT2D eigenvalue weighted by Crippen LogP contribution is -2.47. The van der Waals surface area contributed by atoms with Gasteiger partial charge in [-0.05, 0) is 20.8 Å². The minimum absolute atomic E-state index is 0.00926. The van der Waals surface area contributed by atoms with Crippen LogP contribution in [0.5, 0.6) is 0 Å². The number of esters is 1. The van der Waals surface area contributed by atoms with Gasteiger partial charge in [0.1, 0.15) is 6.54 Å². The summed E-state index contributed by atoms with van der Waals surface area (Å²) < 4.78 is 4.49. The van der Waals surface area contributed by atoms with Gasteiger partial charge < -0.3 is 9.64 Å². The molecule has 1 amide bonds. The third kappa shape index (κ3) is 3.92. The molecule has 0 aromatic carbocycles. The first kappa shape index (κ1) is 11.9. The highest BCUT2D eigenvalue weighted by Crippen LogP contribution is 2.12. The summed E-state index contributed by atoms with van der Waals surface area (Å²) in [6, 6.07) is 0. The molecule has 0 rings (SSSR count). The van der Waals surface area contributed by atoms with Gasteiger partial charge in [0.15, 0.2) is 0 Å². The number of rotatable bonds is 2. The maximum absolute atomic E-state index is 11.2. The highest BCUT2D eigenvalue weighted by atomic mass is 16.5. The number of carbonyl (C=O) groups excluding carboxylic acids is 2. The van der Waals surface area contributed by atoms with E-state index in [4.69, 9.17) is 0 Å². The minimum atomic E-state index is -0.398. The quantitative estimate of drug-likeness (QED) is 0.601. The van der Waals surface area contributed by atoms with Gasteiger partial charge in [0.05, 0.1) is 7.11 Å². The molecule has 0 aromatic rings. The molecule has 0 unspecified atom stereocenters. The van der Waals surface area contributed by atoms with Crippen molar-refractivity contribution < 1.29 is 14.3 Å². The van der Waals surface area contributed by atoms with Crippen molar-refractivity contribution in [2.24, 2.45) is 0 Å². The van der Waals surface area contributed by atoms with Crippen LogP contribution < -0.4 is 0 Å². The average Bonchev–Trinajstić information content (AvgIpc) is 1.96. The molecule has 13 heavy (non-hydrogen) atoms. The van der Waals surface area contributed by atoms with Gasteiger partial charge in [-0.3, -0.25) is 9.59 Å². The second kappa shape index (κ2) is 4.25. The Morgan fingerprint density at radius 1 is 1.31 bits per heavy atom. The third-order valence-corrected chi connectivity index (χ3v) is 1.70. The van der Waals surface area contributed by atoms with Crippen LogP contribution in [-0.4, -0.2) is 36.0 Å². The van der Waals surface area contributed by atoms with Gasteiger partial charge in [-0.15, -0.1) is 0 Å². The summed E-state index contributed by atoms with van der Waals surface area (Å²) in [6.45, 7) is 7.07. The number of hydrogen-bond donors (Lipinski definition) is 0. The average molecular weight is 187 g/mol. The van der Waals surface area contributed by atoms with Gasteiger partial charge in [-0.2, -0.15) is 0 Å². The third-order valence-electron chi connectivity index (χ3n) is 1.70. The van der Waals surface area contributed by atoms with Gasteiger partial charge >= 0.3 is 5.97 Å². The molecule has 0 aromatic heterocycles. The molecule has 0 aliphatic heterocycles. The molecule has 0 saturated heterocycles. The fourth-order valence-electron chi connectivity index (χ4n) is 1.01. The van der Waals surface area contributed by atoms with Crippen molar-refractivity contribution >= 4 is 11.9 Å². The van der Waals surface area contributed by atoms with E-state index < -0.39 is 5.97 Å². The van der Waals surface area contributed by atoms with E-state index in [1.807, 2.05) is 20.8 Å². The fraction of sp³-hybridized carbons (Fsp3) is 0.778. The van der Waals surface area contributed by atoms with Crippen molar-refractivity contribution in [2.45, 2.75) is 33.2 Å². The predicted molar refractivity (Wildman–Crippen MR) is 49.2 cm³/mol. The van der Waals surface area contributed by atoms with Crippen LogP contribution in [0.1, 0.15) is 27.7 Å². The molecule has 4 heteroatoms. The summed E-state index contributed by atoms with van der Waals surface area (Å²) in [5.74, 6) is -0.525. The molecule has 0 fully saturated rings. The van der Waals surface area contributed by atoms with Crippen molar-refractivity contribution in [1.29, 1.82) is 0 Å². The predicted octanol–water partition coefficient (Wildman–Crippen LogP) is 0.806. The Bertz CT molecular complexity index is 205. The van der Waals surface area contributed by atoms with E-state index >= 15 is 0 Å². The Morgan fingerprint density at radius 3 is 2.00 bits per heavy atom. The summed E-state index contributed by atoms with van der Waals surface area (Å²) in [6.07, 6.45) is 0. The SMILES string of the molecule is COC(=O)CN(C(C)=O)C(C)(C)C. The van der Waals surface area contributed by atoms with Crippen molar-refractivity contribution in [3.8, 4) is 0 Å². The van der Waals surface area contributed by atoms with Gasteiger partial charge in [-0.25, -0.2) is 0 Å². The first-order valence-corrected chi connectivity index (χ1v) is 4.14. The molecule has 0 bridgehead atoms. The summed E-state index contributed by atoms with van der Waals surface area (Å²) in [7, 11) is 1.31. The van der Waals surface area contributed by atoms with Gasteiger partial charge in [-0.1, -0.05) is 0 Å². The smallest absolute Gasteiger partial charge is 0.325 e. The normalized spacial score (nSPS) is 10.8. The Kier molecular flexibility index (Phi) is 3.91. The summed E-state index contributed by atoms with van der Waals surface area (Å²) >= 11 is 0. The highest BCUT2D eigenvalue weighted by Gasteiger charge is 2.25. The molecule has 0 radical (unpaired) electrons. The molecule has 0 heterocycles. The van der Waals surface area contributed by atoms with Crippen LogP contribution in [0.2, 0.25) is 0 Å². The molecule has 0 N–H and O–H groups in total. The molecule has 0 saturated carbocycles. The van der Waals surface area contributed by atoms with E-state index in [0.29, 0.717) is 0 Å². The summed E-state index contributed by atoms with van der Waals surface area (Å²) in [4.78, 5) is 23.6. The van der Waals surface area contributed by atoms with E-state index in [-0.39, 0.29) is 18.0 Å². The Hall–Kier alpha value is -1.06. The van der Waals surface area contributed by atoms with Gasteiger partial charge in [0, 0.05) is 12.5 Å². The maximum Gasteiger partial charge on any atom is 0.325 e. The number of ether oxygens (including phenoxy) is 1. The Balaban J connectivity index is 4.46. The number of nitrogens with zero attached hydrogens (tertiary/aromatic N) is 1. The van der Waals surface area contributed by atoms with Crippen LogP contribution >= 0.6 is 0 Å². The molecule has 4 nitrogen and oxygen atoms in total. The lowest BCUT2D eigenvalue weighted by molar-refractivity contribution is -0.149. The molecule has 76 valence electrons. The van der Waals surface area contributed by atoms with E-state index in [1.165, 1.54) is 18.9 Å². The van der Waals surface area contributed by atoms with Crippen LogP contribution in [0.25, 0.3) is 0 Å². The van der Waals surface area contributed by atoms with Crippen molar-refractivity contribution in [2.75, 3.05) is 13.7 Å². The molecule has 0 aliphatic rings. The number of carbonyl (C=O) groups is 2. The Labute approximate surface area is 78.9 Å². The van der Waals surface area contributed by atoms with Gasteiger partial charge in [0.2, 0.25) is 5.91 Å². The van der Waals surface area contributed by atoms with Crippen LogP contribution in [0.15, 0.2) is 0 Å². The number of hydrogen-bond acceptors (Lipinski definition) is 3. The van der Waals surface area contributed by atoms with Crippen molar-refractivity contribution in [3.05, 3.63) is 0 Å². The maximum atomic E-state index is 11.2. The summed E-state index contributed by atoms with van der Waals surface area (Å²) in [5, 5.41) is 0. The van der Waals surface area contributed by atoms with E-state index in [0.717, 1.165) is 0 Å². The first-order chi connectivity index (χ1) is 5.79. The second-order valence-electron chi connectivity index (χ2n) is 3.85. The zero-order valence-electron chi connectivity index (χ0n) is 8.88. The largest absolute Gasteiger partial charge is 0.468 e. The standard InChI is InChI=1S/C9H17NO3/c1-7(11)10(9(2,3)4)6-8(12)13-5/h6H2,1-5H3. The molecule has 0 aliphatic carbocycles. The molecule has 0 atom stereocenters. The molecule has 0 spiro atoms. The van der Waals surface area contributed by atoms with Gasteiger partial charge in [0.25, 0.3) is 0 Å². The van der Waals surface area contributed by atoms with E-state index in [1.54, 1.807) is 0 Å². The Morgan fingerprint density at radius 2 is 1.77 bits per heavy atom. The lowest BCUT2D eigenvalue weighted by atomic mass is 10.1. The lowest BCUT2D eigenvalue weighted by Gasteiger charge is -2.33. The summed E-state index contributed by atoms with van der Waals surface area (Å²) in [5.41, 5.74) is -0.347. The van der Waals surface area contributed by atoms with Crippen molar-refractivity contribution in [1.82, 2.24) is 4.90 Å². The zero-order valence-corrected chi connectivity index (χ0v) is 8.88. The number of methoxy groups -OCH3 is 1. The minimum Gasteiger partial charge on any atom is -0.468 e. The topological polar surface area (TPSA) is 46.6 Å². The first-order valence-electron chi connectivity index (χ1n) is 4.14. The monoisotopic (exact) mass is 187 g/mol. The molecular formula is C9H17NO3. The van der Waals surface area contributed by atoms with Crippen LogP contribution in [0.3, 0.4) is 0 Å². The van der Waals surface area contributed by atoms with Crippen LogP contribution in [0, 0.1) is 0 Å². The molecular weight excluding hydrogens is 170 g/mol. The fourth-order valence-corrected chi connectivity index (χ4v) is 1.01. The van der Waals surface area contributed by atoms with E-state index in [2.05, 4.69) is 4.74 Å². The van der Waals surface area contributed by atoms with Crippen LogP contribution in [-0.2, 0) is 14.3 Å². The zero-order chi connectivity index (χ0) is 10.6. The van der Waals surface area contributed by atoms with E-state index in [9.17, 15) is 9.59 Å². The second-order valence-corrected chi connectivity index (χ2v) is 3.85. The highest BCUT2D eigenvalue weighted by molar-refractivity contribution is 5.81.